The molecule has 0 spiro atoms. The molecule has 8 nitrogen and oxygen atoms in total. The van der Waals surface area contributed by atoms with Gasteiger partial charge in [0.2, 0.25) is 0 Å². The van der Waals surface area contributed by atoms with Crippen LogP contribution in [0.15, 0.2) is 6.20 Å². The van der Waals surface area contributed by atoms with Gasteiger partial charge in [0.15, 0.2) is 5.82 Å². The van der Waals surface area contributed by atoms with E-state index in [4.69, 9.17) is 5.11 Å². The summed E-state index contributed by atoms with van der Waals surface area (Å²) in [7, 11) is -2.22. The molecule has 0 saturated carbocycles. The average molecular weight is 274 g/mol. The molecule has 0 radical (unpaired) electrons. The number of carboxylic acid groups (broad SMARTS) is 1. The molecule has 1 aliphatic heterocycles. The lowest BCUT2D eigenvalue weighted by molar-refractivity contribution is 0.0698. The number of anilines is 1. The van der Waals surface area contributed by atoms with Gasteiger partial charge in [0, 0.05) is 20.1 Å². The van der Waals surface area contributed by atoms with E-state index in [1.165, 1.54) is 16.0 Å². The SMILES string of the molecule is Cn1ncc(C(=O)O)c1NS(=O)(=O)N1CCCC1. The van der Waals surface area contributed by atoms with Gasteiger partial charge in [0.25, 0.3) is 0 Å². The quantitative estimate of drug-likeness (QED) is 0.796. The molecule has 0 atom stereocenters. The van der Waals surface area contributed by atoms with Crippen LogP contribution in [0.4, 0.5) is 5.82 Å². The lowest BCUT2D eigenvalue weighted by atomic mass is 10.3. The highest BCUT2D eigenvalue weighted by Gasteiger charge is 2.28. The Morgan fingerprint density at radius 2 is 2.06 bits per heavy atom. The summed E-state index contributed by atoms with van der Waals surface area (Å²) >= 11 is 0. The Labute approximate surface area is 104 Å². The number of hydrogen-bond donors (Lipinski definition) is 2. The van der Waals surface area contributed by atoms with E-state index in [2.05, 4.69) is 9.82 Å². The Kier molecular flexibility index (Phi) is 3.26. The molecule has 2 rings (SSSR count). The predicted molar refractivity (Wildman–Crippen MR) is 63.5 cm³/mol. The Hall–Kier alpha value is -1.61. The van der Waals surface area contributed by atoms with Crippen LogP contribution in [0.1, 0.15) is 23.2 Å². The highest BCUT2D eigenvalue weighted by Crippen LogP contribution is 2.19. The molecule has 0 aliphatic carbocycles. The maximum absolute atomic E-state index is 12.0. The van der Waals surface area contributed by atoms with Gasteiger partial charge in [0.05, 0.1) is 6.20 Å². The van der Waals surface area contributed by atoms with E-state index >= 15 is 0 Å². The zero-order valence-corrected chi connectivity index (χ0v) is 10.6. The highest BCUT2D eigenvalue weighted by atomic mass is 32.2. The summed E-state index contributed by atoms with van der Waals surface area (Å²) in [5, 5.41) is 12.7. The lowest BCUT2D eigenvalue weighted by Gasteiger charge is -2.17. The number of nitrogens with zero attached hydrogens (tertiary/aromatic N) is 3. The van der Waals surface area contributed by atoms with Crippen LogP contribution < -0.4 is 4.72 Å². The number of rotatable bonds is 4. The summed E-state index contributed by atoms with van der Waals surface area (Å²) < 4.78 is 28.8. The van der Waals surface area contributed by atoms with Crippen LogP contribution in [0.2, 0.25) is 0 Å². The number of aromatic nitrogens is 2. The molecule has 9 heteroatoms. The van der Waals surface area contributed by atoms with Crippen molar-refractivity contribution in [2.75, 3.05) is 17.8 Å². The molecule has 2 N–H and O–H groups in total. The number of aryl methyl sites for hydroxylation is 1. The minimum Gasteiger partial charge on any atom is -0.477 e. The van der Waals surface area contributed by atoms with Crippen LogP contribution in [0.3, 0.4) is 0 Å². The number of carbonyl (C=O) groups is 1. The van der Waals surface area contributed by atoms with E-state index in [9.17, 15) is 13.2 Å². The lowest BCUT2D eigenvalue weighted by Crippen LogP contribution is -2.34. The van der Waals surface area contributed by atoms with Gasteiger partial charge in [-0.15, -0.1) is 0 Å². The number of hydrogen-bond acceptors (Lipinski definition) is 4. The molecule has 1 aliphatic rings. The summed E-state index contributed by atoms with van der Waals surface area (Å²) in [6.07, 6.45) is 2.75. The summed E-state index contributed by atoms with van der Waals surface area (Å²) in [6, 6.07) is 0. The molecule has 1 saturated heterocycles. The number of aromatic carboxylic acids is 1. The van der Waals surface area contributed by atoms with Gasteiger partial charge in [-0.3, -0.25) is 9.40 Å². The molecule has 0 unspecified atom stereocenters. The van der Waals surface area contributed by atoms with Crippen LogP contribution in [-0.2, 0) is 17.3 Å². The second-order valence-corrected chi connectivity index (χ2v) is 5.72. The zero-order chi connectivity index (χ0) is 13.3. The molecule has 100 valence electrons. The van der Waals surface area contributed by atoms with Crippen LogP contribution in [0.5, 0.6) is 0 Å². The first-order valence-corrected chi connectivity index (χ1v) is 6.89. The van der Waals surface area contributed by atoms with E-state index in [0.29, 0.717) is 13.1 Å². The first kappa shape index (κ1) is 12.8. The first-order chi connectivity index (χ1) is 8.42. The van der Waals surface area contributed by atoms with Crippen LogP contribution >= 0.6 is 0 Å². The highest BCUT2D eigenvalue weighted by molar-refractivity contribution is 7.90. The number of nitrogens with one attached hydrogen (secondary N) is 1. The second-order valence-electron chi connectivity index (χ2n) is 4.05. The first-order valence-electron chi connectivity index (χ1n) is 5.45. The van der Waals surface area contributed by atoms with Gasteiger partial charge in [-0.2, -0.15) is 17.8 Å². The monoisotopic (exact) mass is 274 g/mol. The summed E-state index contributed by atoms with van der Waals surface area (Å²) in [4.78, 5) is 10.9. The normalized spacial score (nSPS) is 16.9. The Morgan fingerprint density at radius 1 is 1.44 bits per heavy atom. The minimum absolute atomic E-state index is 0.0330. The van der Waals surface area contributed by atoms with E-state index in [0.717, 1.165) is 19.0 Å². The van der Waals surface area contributed by atoms with Gasteiger partial charge >= 0.3 is 16.2 Å². The summed E-state index contributed by atoms with van der Waals surface area (Å²) in [5.41, 5.74) is -0.166. The predicted octanol–water partition coefficient (Wildman–Crippen LogP) is -0.129. The molecule has 2 heterocycles. The Morgan fingerprint density at radius 3 is 2.61 bits per heavy atom. The third-order valence-electron chi connectivity index (χ3n) is 2.80. The Balaban J connectivity index is 2.28. The van der Waals surface area contributed by atoms with Gasteiger partial charge in [-0.1, -0.05) is 0 Å². The van der Waals surface area contributed by atoms with Crippen molar-refractivity contribution in [3.05, 3.63) is 11.8 Å². The van der Waals surface area contributed by atoms with Crippen LogP contribution in [0.25, 0.3) is 0 Å². The van der Waals surface area contributed by atoms with Crippen molar-refractivity contribution in [2.24, 2.45) is 7.05 Å². The van der Waals surface area contributed by atoms with Gasteiger partial charge in [0.1, 0.15) is 5.56 Å². The molecule has 18 heavy (non-hydrogen) atoms. The van der Waals surface area contributed by atoms with Crippen molar-refractivity contribution in [3.8, 4) is 0 Å². The fraction of sp³-hybridized carbons (Fsp3) is 0.556. The maximum atomic E-state index is 12.0. The fourth-order valence-electron chi connectivity index (χ4n) is 1.83. The molecule has 0 aromatic carbocycles. The summed E-state index contributed by atoms with van der Waals surface area (Å²) in [6.45, 7) is 0.908. The van der Waals surface area contributed by atoms with Crippen molar-refractivity contribution < 1.29 is 18.3 Å². The number of carboxylic acids is 1. The molecule has 1 aromatic rings. The molecule has 1 aromatic heterocycles. The third-order valence-corrected chi connectivity index (χ3v) is 4.30. The van der Waals surface area contributed by atoms with Gasteiger partial charge in [-0.05, 0) is 12.8 Å². The third kappa shape index (κ3) is 2.31. The minimum atomic E-state index is -3.70. The fourth-order valence-corrected chi connectivity index (χ4v) is 3.18. The molecular weight excluding hydrogens is 260 g/mol. The van der Waals surface area contributed by atoms with E-state index in [-0.39, 0.29) is 11.4 Å². The van der Waals surface area contributed by atoms with Gasteiger partial charge in [-0.25, -0.2) is 4.79 Å². The van der Waals surface area contributed by atoms with Crippen molar-refractivity contribution in [1.82, 2.24) is 14.1 Å². The van der Waals surface area contributed by atoms with Crippen molar-refractivity contribution in [1.29, 1.82) is 0 Å². The summed E-state index contributed by atoms with van der Waals surface area (Å²) in [5.74, 6) is -1.25. The Bertz CT molecular complexity index is 559. The van der Waals surface area contributed by atoms with Crippen molar-refractivity contribution in [3.63, 3.8) is 0 Å². The smallest absolute Gasteiger partial charge is 0.341 e. The molecule has 1 fully saturated rings. The van der Waals surface area contributed by atoms with E-state index in [1.807, 2.05) is 0 Å². The molecule has 0 amide bonds. The van der Waals surface area contributed by atoms with Gasteiger partial charge < -0.3 is 5.11 Å². The standard InChI is InChI=1S/C9H14N4O4S/c1-12-8(7(6-10-12)9(14)15)11-18(16,17)13-4-2-3-5-13/h6,11H,2-5H2,1H3,(H,14,15). The van der Waals surface area contributed by atoms with E-state index < -0.39 is 16.2 Å². The maximum Gasteiger partial charge on any atom is 0.341 e. The zero-order valence-electron chi connectivity index (χ0n) is 9.83. The van der Waals surface area contributed by atoms with Crippen LogP contribution in [-0.4, -0.2) is 46.7 Å². The second kappa shape index (κ2) is 4.58. The van der Waals surface area contributed by atoms with E-state index in [1.54, 1.807) is 0 Å². The van der Waals surface area contributed by atoms with Crippen molar-refractivity contribution in [2.45, 2.75) is 12.8 Å². The largest absolute Gasteiger partial charge is 0.477 e. The molecular formula is C9H14N4O4S. The molecule has 0 bridgehead atoms. The topological polar surface area (TPSA) is 105 Å². The van der Waals surface area contributed by atoms with Crippen molar-refractivity contribution >= 4 is 22.0 Å². The van der Waals surface area contributed by atoms with Crippen LogP contribution in [0, 0.1) is 0 Å². The average Bonchev–Trinajstić information content (AvgIpc) is 2.89.